The molecular formula is C26H30O4. The number of hydrogen-bond donors (Lipinski definition) is 2. The quantitative estimate of drug-likeness (QED) is 0.659. The molecule has 2 saturated heterocycles. The number of ether oxygens (including phenoxy) is 1. The van der Waals surface area contributed by atoms with Crippen LogP contribution in [0.3, 0.4) is 0 Å². The first-order valence-corrected chi connectivity index (χ1v) is 10.8. The molecule has 0 amide bonds. The zero-order chi connectivity index (χ0) is 21.3. The van der Waals surface area contributed by atoms with Crippen LogP contribution in [0.15, 0.2) is 66.7 Å². The Hall–Kier alpha value is -2.43. The lowest BCUT2D eigenvalue weighted by atomic mass is 9.74. The Kier molecular flexibility index (Phi) is 5.81. The van der Waals surface area contributed by atoms with Gasteiger partial charge in [0, 0.05) is 11.3 Å². The van der Waals surface area contributed by atoms with Gasteiger partial charge >= 0.3 is 5.97 Å². The minimum atomic E-state index is -0.902. The molecule has 30 heavy (non-hydrogen) atoms. The third-order valence-electron chi connectivity index (χ3n) is 6.93. The van der Waals surface area contributed by atoms with Crippen molar-refractivity contribution >= 4 is 5.97 Å². The Bertz CT molecular complexity index is 900. The SMILES string of the molecule is CC(C)(c1ccccc1)C(O)/C=C/C1C2CCC(O2)C1Cc1ccc(C(=O)O)cc1. The minimum absolute atomic E-state index is 0.210. The van der Waals surface area contributed by atoms with E-state index in [1.807, 2.05) is 36.4 Å². The van der Waals surface area contributed by atoms with E-state index >= 15 is 0 Å². The van der Waals surface area contributed by atoms with Crippen molar-refractivity contribution in [3.63, 3.8) is 0 Å². The van der Waals surface area contributed by atoms with E-state index in [2.05, 4.69) is 32.1 Å². The molecule has 0 spiro atoms. The highest BCUT2D eigenvalue weighted by Crippen LogP contribution is 2.45. The van der Waals surface area contributed by atoms with Crippen molar-refractivity contribution in [1.29, 1.82) is 0 Å². The number of aliphatic hydroxyl groups is 1. The van der Waals surface area contributed by atoms with Crippen LogP contribution in [0, 0.1) is 11.8 Å². The molecule has 2 aliphatic rings. The average Bonchev–Trinajstić information content (AvgIpc) is 3.35. The van der Waals surface area contributed by atoms with Gasteiger partial charge < -0.3 is 14.9 Å². The summed E-state index contributed by atoms with van der Waals surface area (Å²) in [6, 6.07) is 17.3. The molecule has 2 N–H and O–H groups in total. The second-order valence-electron chi connectivity index (χ2n) is 9.16. The Morgan fingerprint density at radius 3 is 2.43 bits per heavy atom. The molecule has 0 aromatic heterocycles. The lowest BCUT2D eigenvalue weighted by molar-refractivity contribution is 0.0696. The van der Waals surface area contributed by atoms with Crippen LogP contribution in [0.25, 0.3) is 0 Å². The van der Waals surface area contributed by atoms with E-state index in [0.717, 1.165) is 30.4 Å². The van der Waals surface area contributed by atoms with Gasteiger partial charge in [-0.05, 0) is 48.4 Å². The van der Waals surface area contributed by atoms with Gasteiger partial charge in [0.2, 0.25) is 0 Å². The lowest BCUT2D eigenvalue weighted by Gasteiger charge is -2.30. The monoisotopic (exact) mass is 406 g/mol. The van der Waals surface area contributed by atoms with E-state index in [1.165, 1.54) is 0 Å². The summed E-state index contributed by atoms with van der Waals surface area (Å²) in [7, 11) is 0. The molecule has 0 radical (unpaired) electrons. The third kappa shape index (κ3) is 4.07. The van der Waals surface area contributed by atoms with Crippen LogP contribution < -0.4 is 0 Å². The Labute approximate surface area is 178 Å². The van der Waals surface area contributed by atoms with Crippen molar-refractivity contribution in [1.82, 2.24) is 0 Å². The fourth-order valence-electron chi connectivity index (χ4n) is 4.91. The molecule has 158 valence electrons. The Morgan fingerprint density at radius 1 is 1.10 bits per heavy atom. The average molecular weight is 407 g/mol. The van der Waals surface area contributed by atoms with Crippen LogP contribution in [0.2, 0.25) is 0 Å². The van der Waals surface area contributed by atoms with E-state index in [9.17, 15) is 9.90 Å². The molecule has 0 saturated carbocycles. The topological polar surface area (TPSA) is 66.8 Å². The molecular weight excluding hydrogens is 376 g/mol. The van der Waals surface area contributed by atoms with Gasteiger partial charge in [0.15, 0.2) is 0 Å². The van der Waals surface area contributed by atoms with Gasteiger partial charge in [0.05, 0.1) is 23.9 Å². The number of hydrogen-bond acceptors (Lipinski definition) is 3. The largest absolute Gasteiger partial charge is 0.478 e. The first kappa shape index (κ1) is 20.8. The van der Waals surface area contributed by atoms with Crippen LogP contribution in [-0.2, 0) is 16.6 Å². The summed E-state index contributed by atoms with van der Waals surface area (Å²) in [6.45, 7) is 4.13. The highest BCUT2D eigenvalue weighted by molar-refractivity contribution is 5.87. The maximum Gasteiger partial charge on any atom is 0.335 e. The summed E-state index contributed by atoms with van der Waals surface area (Å²) in [5.74, 6) is -0.285. The molecule has 2 bridgehead atoms. The normalized spacial score (nSPS) is 26.9. The molecule has 2 aromatic carbocycles. The van der Waals surface area contributed by atoms with Crippen molar-refractivity contribution in [2.24, 2.45) is 11.8 Å². The number of rotatable bonds is 7. The van der Waals surface area contributed by atoms with Gasteiger partial charge in [-0.1, -0.05) is 68.5 Å². The molecule has 2 heterocycles. The summed E-state index contributed by atoms with van der Waals surface area (Å²) in [5.41, 5.74) is 2.18. The second kappa shape index (κ2) is 8.37. The number of benzene rings is 2. The molecule has 2 fully saturated rings. The maximum atomic E-state index is 11.1. The fraction of sp³-hybridized carbons (Fsp3) is 0.423. The van der Waals surface area contributed by atoms with Gasteiger partial charge in [0.1, 0.15) is 0 Å². The highest BCUT2D eigenvalue weighted by atomic mass is 16.5. The molecule has 2 aromatic rings. The second-order valence-corrected chi connectivity index (χ2v) is 9.16. The summed E-state index contributed by atoms with van der Waals surface area (Å²) < 4.78 is 6.21. The van der Waals surface area contributed by atoms with Gasteiger partial charge in [-0.2, -0.15) is 0 Å². The van der Waals surface area contributed by atoms with E-state index in [1.54, 1.807) is 12.1 Å². The number of carboxylic acid groups (broad SMARTS) is 1. The van der Waals surface area contributed by atoms with Crippen molar-refractivity contribution in [2.75, 3.05) is 0 Å². The smallest absolute Gasteiger partial charge is 0.335 e. The Balaban J connectivity index is 1.48. The molecule has 5 atom stereocenters. The summed E-state index contributed by atoms with van der Waals surface area (Å²) in [6.07, 6.45) is 6.96. The molecule has 5 unspecified atom stereocenters. The molecule has 4 nitrogen and oxygen atoms in total. The van der Waals surface area contributed by atoms with Crippen LogP contribution >= 0.6 is 0 Å². The summed E-state index contributed by atoms with van der Waals surface area (Å²) in [5, 5.41) is 20.0. The number of fused-ring (bicyclic) bond motifs is 2. The molecule has 4 heteroatoms. The van der Waals surface area contributed by atoms with Crippen molar-refractivity contribution < 1.29 is 19.7 Å². The van der Waals surface area contributed by atoms with Gasteiger partial charge in [-0.25, -0.2) is 4.79 Å². The van der Waals surface area contributed by atoms with E-state index in [0.29, 0.717) is 11.5 Å². The van der Waals surface area contributed by atoms with Crippen molar-refractivity contribution in [3.8, 4) is 0 Å². The predicted octanol–water partition coefficient (Wildman–Crippen LogP) is 4.62. The number of carboxylic acids is 1. The summed E-state index contributed by atoms with van der Waals surface area (Å²) >= 11 is 0. The summed E-state index contributed by atoms with van der Waals surface area (Å²) in [4.78, 5) is 11.1. The first-order valence-electron chi connectivity index (χ1n) is 10.8. The van der Waals surface area contributed by atoms with Crippen LogP contribution in [0.5, 0.6) is 0 Å². The Morgan fingerprint density at radius 2 is 1.77 bits per heavy atom. The number of carbonyl (C=O) groups is 1. The first-order chi connectivity index (χ1) is 14.4. The van der Waals surface area contributed by atoms with Crippen molar-refractivity contribution in [3.05, 3.63) is 83.4 Å². The number of aliphatic hydroxyl groups excluding tert-OH is 1. The van der Waals surface area contributed by atoms with E-state index in [4.69, 9.17) is 9.84 Å². The molecule has 4 rings (SSSR count). The highest BCUT2D eigenvalue weighted by Gasteiger charge is 2.47. The maximum absolute atomic E-state index is 11.1. The minimum Gasteiger partial charge on any atom is -0.478 e. The zero-order valence-corrected chi connectivity index (χ0v) is 17.6. The van der Waals surface area contributed by atoms with E-state index in [-0.39, 0.29) is 23.5 Å². The zero-order valence-electron chi connectivity index (χ0n) is 17.6. The van der Waals surface area contributed by atoms with Gasteiger partial charge in [0.25, 0.3) is 0 Å². The molecule has 2 aliphatic heterocycles. The van der Waals surface area contributed by atoms with Gasteiger partial charge in [-0.3, -0.25) is 0 Å². The van der Waals surface area contributed by atoms with Crippen molar-refractivity contribution in [2.45, 2.75) is 56.8 Å². The third-order valence-corrected chi connectivity index (χ3v) is 6.93. The standard InChI is InChI=1S/C26H30O4/c1-26(2,19-6-4-3-5-7-19)24(27)15-12-20-21(23-14-13-22(20)30-23)16-17-8-10-18(11-9-17)25(28)29/h3-12,15,20-24,27H,13-14,16H2,1-2H3,(H,28,29)/b15-12+. The van der Waals surface area contributed by atoms with Crippen LogP contribution in [-0.4, -0.2) is 34.5 Å². The number of aromatic carboxylic acids is 1. The predicted molar refractivity (Wildman–Crippen MR) is 117 cm³/mol. The fourth-order valence-corrected chi connectivity index (χ4v) is 4.91. The van der Waals surface area contributed by atoms with E-state index < -0.39 is 12.1 Å². The molecule has 0 aliphatic carbocycles. The van der Waals surface area contributed by atoms with Crippen LogP contribution in [0.1, 0.15) is 48.2 Å². The lowest BCUT2D eigenvalue weighted by Crippen LogP contribution is -2.33. The van der Waals surface area contributed by atoms with Crippen LogP contribution in [0.4, 0.5) is 0 Å². The van der Waals surface area contributed by atoms with Gasteiger partial charge in [-0.15, -0.1) is 0 Å².